The van der Waals surface area contributed by atoms with Crippen molar-refractivity contribution in [3.05, 3.63) is 58.7 Å². The lowest BCUT2D eigenvalue weighted by Crippen LogP contribution is -2.25. The minimum Gasteiger partial charge on any atom is -0.478 e. The van der Waals surface area contributed by atoms with Crippen LogP contribution in [0.5, 0.6) is 0 Å². The molecule has 2 aliphatic rings. The molecule has 0 radical (unpaired) electrons. The molecule has 2 aromatic carbocycles. The number of benzene rings is 2. The molecule has 0 atom stereocenters. The average Bonchev–Trinajstić information content (AvgIpc) is 2.95. The Kier molecular flexibility index (Phi) is 11.1. The molecule has 2 fully saturated rings. The highest BCUT2D eigenvalue weighted by Gasteiger charge is 2.33. The van der Waals surface area contributed by atoms with Crippen molar-refractivity contribution >= 4 is 5.97 Å². The Bertz CT molecular complexity index is 1110. The molecule has 0 heterocycles. The molecule has 2 aromatic rings. The van der Waals surface area contributed by atoms with Crippen molar-refractivity contribution in [2.45, 2.75) is 116 Å². The standard InChI is InChI=1S/C34H44F4O2/c1-2-3-4-5-6-7-8-9-22-10-12-23(13-11-22)24-14-16-25(17-15-24)27-18-19-28(34(39)40)32(37)31(27)26-20-29(35)33(38)30(36)21-26/h18-25H,2-17H2,1H3,(H,39,40). The normalized spacial score (nSPS) is 23.3. The summed E-state index contributed by atoms with van der Waals surface area (Å²) in [5, 5.41) is 9.44. The average molecular weight is 561 g/mol. The van der Waals surface area contributed by atoms with Gasteiger partial charge in [0.05, 0.1) is 5.56 Å². The third-order valence-electron chi connectivity index (χ3n) is 9.66. The Balaban J connectivity index is 1.35. The molecule has 0 amide bonds. The first-order valence-corrected chi connectivity index (χ1v) is 15.5. The largest absolute Gasteiger partial charge is 0.478 e. The lowest BCUT2D eigenvalue weighted by molar-refractivity contribution is 0.0692. The van der Waals surface area contributed by atoms with E-state index in [-0.39, 0.29) is 17.0 Å². The molecule has 0 spiro atoms. The number of hydrogen-bond donors (Lipinski definition) is 1. The summed E-state index contributed by atoms with van der Waals surface area (Å²) in [4.78, 5) is 11.6. The van der Waals surface area contributed by atoms with E-state index in [2.05, 4.69) is 6.92 Å². The van der Waals surface area contributed by atoms with Crippen LogP contribution in [0.3, 0.4) is 0 Å². The second-order valence-electron chi connectivity index (χ2n) is 12.3. The van der Waals surface area contributed by atoms with Crippen molar-refractivity contribution in [1.29, 1.82) is 0 Å². The first kappa shape index (κ1) is 30.6. The number of carbonyl (C=O) groups is 1. The summed E-state index contributed by atoms with van der Waals surface area (Å²) >= 11 is 0. The van der Waals surface area contributed by atoms with Gasteiger partial charge in [-0.15, -0.1) is 0 Å². The van der Waals surface area contributed by atoms with Crippen molar-refractivity contribution in [1.82, 2.24) is 0 Å². The topological polar surface area (TPSA) is 37.3 Å². The van der Waals surface area contributed by atoms with Gasteiger partial charge in [0.1, 0.15) is 5.82 Å². The highest BCUT2D eigenvalue weighted by atomic mass is 19.2. The summed E-state index contributed by atoms with van der Waals surface area (Å²) < 4.78 is 57.2. The maximum absolute atomic E-state index is 15.5. The predicted molar refractivity (Wildman–Crippen MR) is 151 cm³/mol. The van der Waals surface area contributed by atoms with E-state index in [1.165, 1.54) is 83.1 Å². The van der Waals surface area contributed by atoms with E-state index in [9.17, 15) is 23.1 Å². The van der Waals surface area contributed by atoms with Gasteiger partial charge in [-0.25, -0.2) is 22.4 Å². The minimum absolute atomic E-state index is 0.0477. The van der Waals surface area contributed by atoms with Crippen LogP contribution in [0, 0.1) is 41.0 Å². The molecule has 0 unspecified atom stereocenters. The molecule has 0 aliphatic heterocycles. The first-order chi connectivity index (χ1) is 19.3. The van der Waals surface area contributed by atoms with E-state index in [0.717, 1.165) is 49.7 Å². The zero-order valence-corrected chi connectivity index (χ0v) is 23.8. The number of halogens is 4. The van der Waals surface area contributed by atoms with Gasteiger partial charge >= 0.3 is 5.97 Å². The molecule has 0 aromatic heterocycles. The fraction of sp³-hybridized carbons (Fsp3) is 0.618. The van der Waals surface area contributed by atoms with Gasteiger partial charge in [0, 0.05) is 5.56 Å². The van der Waals surface area contributed by atoms with Crippen LogP contribution in [0.15, 0.2) is 24.3 Å². The molecule has 6 heteroatoms. The van der Waals surface area contributed by atoms with E-state index in [1.807, 2.05) is 0 Å². The van der Waals surface area contributed by atoms with Gasteiger partial charge < -0.3 is 5.11 Å². The molecule has 2 saturated carbocycles. The van der Waals surface area contributed by atoms with E-state index < -0.39 is 34.8 Å². The maximum atomic E-state index is 15.5. The minimum atomic E-state index is -1.63. The van der Waals surface area contributed by atoms with Crippen LogP contribution < -0.4 is 0 Å². The van der Waals surface area contributed by atoms with Crippen LogP contribution in [0.4, 0.5) is 17.6 Å². The fourth-order valence-corrected chi connectivity index (χ4v) is 7.33. The van der Waals surface area contributed by atoms with Gasteiger partial charge in [0.2, 0.25) is 0 Å². The summed E-state index contributed by atoms with van der Waals surface area (Å²) in [5.41, 5.74) is -0.323. The van der Waals surface area contributed by atoms with E-state index in [1.54, 1.807) is 6.07 Å². The van der Waals surface area contributed by atoms with Crippen molar-refractivity contribution in [2.75, 3.05) is 0 Å². The lowest BCUT2D eigenvalue weighted by Gasteiger charge is -2.38. The van der Waals surface area contributed by atoms with E-state index in [4.69, 9.17) is 0 Å². The molecule has 2 aliphatic carbocycles. The monoisotopic (exact) mass is 560 g/mol. The molecule has 0 bridgehead atoms. The molecule has 4 rings (SSSR count). The Morgan fingerprint density at radius 1 is 0.750 bits per heavy atom. The zero-order chi connectivity index (χ0) is 28.6. The Labute approximate surface area is 236 Å². The van der Waals surface area contributed by atoms with Gasteiger partial charge in [-0.2, -0.15) is 0 Å². The maximum Gasteiger partial charge on any atom is 0.338 e. The number of aromatic carboxylic acids is 1. The molecular weight excluding hydrogens is 516 g/mol. The van der Waals surface area contributed by atoms with Gasteiger partial charge in [-0.1, -0.05) is 77.2 Å². The van der Waals surface area contributed by atoms with Crippen LogP contribution >= 0.6 is 0 Å². The van der Waals surface area contributed by atoms with Crippen LogP contribution in [0.25, 0.3) is 11.1 Å². The highest BCUT2D eigenvalue weighted by molar-refractivity contribution is 5.90. The number of carboxylic acids is 1. The van der Waals surface area contributed by atoms with Crippen molar-refractivity contribution in [3.63, 3.8) is 0 Å². The SMILES string of the molecule is CCCCCCCCCC1CCC(C2CCC(c3ccc(C(=O)O)c(F)c3-c3cc(F)c(F)c(F)c3)CC2)CC1. The Hall–Kier alpha value is -2.37. The summed E-state index contributed by atoms with van der Waals surface area (Å²) in [6.07, 6.45) is 19.7. The number of unbranched alkanes of at least 4 members (excludes halogenated alkanes) is 6. The van der Waals surface area contributed by atoms with Gasteiger partial charge in [-0.3, -0.25) is 0 Å². The van der Waals surface area contributed by atoms with Gasteiger partial charge in [0.15, 0.2) is 17.5 Å². The molecular formula is C34H44F4O2. The van der Waals surface area contributed by atoms with Gasteiger partial charge in [0.25, 0.3) is 0 Å². The number of rotatable bonds is 12. The van der Waals surface area contributed by atoms with E-state index >= 15 is 4.39 Å². The second-order valence-corrected chi connectivity index (χ2v) is 12.3. The van der Waals surface area contributed by atoms with Crippen LogP contribution in [0.1, 0.15) is 131 Å². The molecule has 2 nitrogen and oxygen atoms in total. The molecule has 0 saturated heterocycles. The third-order valence-corrected chi connectivity index (χ3v) is 9.66. The predicted octanol–water partition coefficient (Wildman–Crippen LogP) is 10.8. The zero-order valence-electron chi connectivity index (χ0n) is 23.8. The summed E-state index contributed by atoms with van der Waals surface area (Å²) in [5.74, 6) is -4.81. The summed E-state index contributed by atoms with van der Waals surface area (Å²) in [7, 11) is 0. The Morgan fingerprint density at radius 2 is 1.30 bits per heavy atom. The van der Waals surface area contributed by atoms with Crippen molar-refractivity contribution < 1.29 is 27.5 Å². The highest BCUT2D eigenvalue weighted by Crippen LogP contribution is 2.47. The first-order valence-electron chi connectivity index (χ1n) is 15.5. The molecule has 220 valence electrons. The van der Waals surface area contributed by atoms with Gasteiger partial charge in [-0.05, 0) is 91.5 Å². The smallest absolute Gasteiger partial charge is 0.338 e. The van der Waals surface area contributed by atoms with Crippen molar-refractivity contribution in [3.8, 4) is 11.1 Å². The number of hydrogen-bond acceptors (Lipinski definition) is 1. The number of carboxylic acid groups (broad SMARTS) is 1. The second kappa shape index (κ2) is 14.5. The quantitative estimate of drug-likeness (QED) is 0.159. The third kappa shape index (κ3) is 7.47. The summed E-state index contributed by atoms with van der Waals surface area (Å²) in [6.45, 7) is 2.25. The van der Waals surface area contributed by atoms with Crippen LogP contribution in [-0.4, -0.2) is 11.1 Å². The molecule has 40 heavy (non-hydrogen) atoms. The summed E-state index contributed by atoms with van der Waals surface area (Å²) in [6, 6.07) is 4.30. The Morgan fingerprint density at radius 3 is 1.88 bits per heavy atom. The lowest BCUT2D eigenvalue weighted by atomic mass is 9.67. The van der Waals surface area contributed by atoms with Crippen LogP contribution in [-0.2, 0) is 0 Å². The fourth-order valence-electron chi connectivity index (χ4n) is 7.33. The molecule has 1 N–H and O–H groups in total. The van der Waals surface area contributed by atoms with Crippen LogP contribution in [0.2, 0.25) is 0 Å². The van der Waals surface area contributed by atoms with E-state index in [0.29, 0.717) is 11.5 Å². The van der Waals surface area contributed by atoms with Crippen molar-refractivity contribution in [2.24, 2.45) is 17.8 Å².